The number of hydrogen-bond acceptors (Lipinski definition) is 6. The van der Waals surface area contributed by atoms with Gasteiger partial charge in [0.1, 0.15) is 0 Å². The van der Waals surface area contributed by atoms with Crippen molar-refractivity contribution >= 4 is 23.8 Å². The highest BCUT2D eigenvalue weighted by molar-refractivity contribution is 5.86. The monoisotopic (exact) mass is 407 g/mol. The summed E-state index contributed by atoms with van der Waals surface area (Å²) in [7, 11) is 0. The lowest BCUT2D eigenvalue weighted by Gasteiger charge is -2.40. The Hall–Kier alpha value is -2.49. The van der Waals surface area contributed by atoms with Crippen LogP contribution in [0.3, 0.4) is 0 Å². The predicted octanol–water partition coefficient (Wildman–Crippen LogP) is 1.83. The van der Waals surface area contributed by atoms with Crippen LogP contribution in [-0.2, 0) is 4.79 Å². The lowest BCUT2D eigenvalue weighted by Crippen LogP contribution is -2.50. The van der Waals surface area contributed by atoms with Gasteiger partial charge >= 0.3 is 6.09 Å². The van der Waals surface area contributed by atoms with Gasteiger partial charge in [0, 0.05) is 25.7 Å². The number of halogens is 1. The fourth-order valence-electron chi connectivity index (χ4n) is 4.95. The molecule has 0 bridgehead atoms. The Morgan fingerprint density at radius 2 is 2.00 bits per heavy atom. The van der Waals surface area contributed by atoms with E-state index in [1.165, 1.54) is 0 Å². The van der Waals surface area contributed by atoms with Crippen molar-refractivity contribution in [3.63, 3.8) is 0 Å². The van der Waals surface area contributed by atoms with E-state index in [2.05, 4.69) is 9.97 Å². The molecule has 0 aromatic carbocycles. The zero-order valence-electron chi connectivity index (χ0n) is 16.2. The molecule has 158 valence electrons. The van der Waals surface area contributed by atoms with E-state index in [-0.39, 0.29) is 29.8 Å². The van der Waals surface area contributed by atoms with Crippen LogP contribution in [0.5, 0.6) is 0 Å². The second-order valence-electron chi connectivity index (χ2n) is 8.31. The number of piperidine rings is 1. The summed E-state index contributed by atoms with van der Waals surface area (Å²) in [6, 6.07) is 0.189. The topological polar surface area (TPSA) is 119 Å². The summed E-state index contributed by atoms with van der Waals surface area (Å²) in [6.45, 7) is 1.78. The van der Waals surface area contributed by atoms with Gasteiger partial charge in [-0.3, -0.25) is 10.1 Å². The van der Waals surface area contributed by atoms with Crippen molar-refractivity contribution in [1.82, 2.24) is 14.9 Å². The Labute approximate surface area is 167 Å². The minimum absolute atomic E-state index is 0.148. The van der Waals surface area contributed by atoms with E-state index >= 15 is 0 Å². The number of nitrogens with one attached hydrogen (secondary N) is 1. The first kappa shape index (κ1) is 19.8. The molecule has 1 aromatic rings. The Morgan fingerprint density at radius 3 is 2.72 bits per heavy atom. The van der Waals surface area contributed by atoms with E-state index in [0.717, 1.165) is 51.1 Å². The van der Waals surface area contributed by atoms with Crippen molar-refractivity contribution in [2.45, 2.75) is 57.1 Å². The van der Waals surface area contributed by atoms with E-state index in [1.54, 1.807) is 0 Å². The third kappa shape index (κ3) is 3.85. The number of amides is 2. The highest BCUT2D eigenvalue weighted by Crippen LogP contribution is 2.43. The standard InChI is InChI=1S/C19H26FN5O4/c20-14-10-21-17(22-15(14)23-18(28)29)24-8-1-6-19(11-24)7-9-25(16(19)27)12-2-4-13(26)5-3-12/h10,12-13,26H,1-9,11H2,(H,28,29)(H,21,22,23)/t12-,13-,19-/m0/s1. The van der Waals surface area contributed by atoms with Gasteiger partial charge in [0.05, 0.1) is 17.7 Å². The zero-order chi connectivity index (χ0) is 20.6. The average Bonchev–Trinajstić information content (AvgIpc) is 3.00. The maximum absolute atomic E-state index is 13.8. The molecule has 1 aliphatic carbocycles. The smallest absolute Gasteiger partial charge is 0.410 e. The fraction of sp³-hybridized carbons (Fsp3) is 0.684. The van der Waals surface area contributed by atoms with Crippen molar-refractivity contribution in [3.8, 4) is 0 Å². The van der Waals surface area contributed by atoms with E-state index < -0.39 is 17.3 Å². The minimum atomic E-state index is -1.40. The molecule has 10 heteroatoms. The number of nitrogens with zero attached hydrogens (tertiary/aromatic N) is 4. The van der Waals surface area contributed by atoms with Crippen LogP contribution in [0.25, 0.3) is 0 Å². The first-order valence-corrected chi connectivity index (χ1v) is 10.1. The number of likely N-dealkylation sites (tertiary alicyclic amines) is 1. The number of carboxylic acid groups (broad SMARTS) is 1. The summed E-state index contributed by atoms with van der Waals surface area (Å²) in [5.41, 5.74) is -0.507. The van der Waals surface area contributed by atoms with Gasteiger partial charge in [-0.15, -0.1) is 0 Å². The summed E-state index contributed by atoms with van der Waals surface area (Å²) in [4.78, 5) is 36.1. The molecule has 2 aliphatic heterocycles. The Kier molecular flexibility index (Phi) is 5.28. The van der Waals surface area contributed by atoms with Crippen molar-refractivity contribution in [1.29, 1.82) is 0 Å². The highest BCUT2D eigenvalue weighted by atomic mass is 19.1. The summed E-state index contributed by atoms with van der Waals surface area (Å²) >= 11 is 0. The molecule has 3 heterocycles. The molecule has 2 saturated heterocycles. The molecule has 1 aromatic heterocycles. The van der Waals surface area contributed by atoms with E-state index in [9.17, 15) is 19.1 Å². The summed E-state index contributed by atoms with van der Waals surface area (Å²) < 4.78 is 13.8. The molecule has 0 unspecified atom stereocenters. The lowest BCUT2D eigenvalue weighted by molar-refractivity contribution is -0.139. The van der Waals surface area contributed by atoms with Gasteiger partial charge in [0.2, 0.25) is 11.9 Å². The third-order valence-electron chi connectivity index (χ3n) is 6.47. The van der Waals surface area contributed by atoms with Gasteiger partial charge in [-0.25, -0.2) is 14.2 Å². The van der Waals surface area contributed by atoms with Gasteiger partial charge < -0.3 is 20.0 Å². The maximum atomic E-state index is 13.8. The SMILES string of the molecule is O=C(O)Nc1nc(N2CCC[C@]3(CCN([C@H]4CC[C@H](O)CC4)C3=O)C2)ncc1F. The number of hydrogen-bond donors (Lipinski definition) is 3. The summed E-state index contributed by atoms with van der Waals surface area (Å²) in [5, 5.41) is 20.5. The van der Waals surface area contributed by atoms with Crippen LogP contribution in [0.15, 0.2) is 6.20 Å². The average molecular weight is 407 g/mol. The molecule has 3 N–H and O–H groups in total. The third-order valence-corrected chi connectivity index (χ3v) is 6.47. The van der Waals surface area contributed by atoms with E-state index in [1.807, 2.05) is 15.1 Å². The second kappa shape index (κ2) is 7.74. The number of aromatic nitrogens is 2. The quantitative estimate of drug-likeness (QED) is 0.699. The number of aliphatic hydroxyl groups excluding tert-OH is 1. The van der Waals surface area contributed by atoms with Crippen LogP contribution in [-0.4, -0.2) is 68.9 Å². The molecule has 0 radical (unpaired) electrons. The molecular weight excluding hydrogens is 381 g/mol. The number of rotatable bonds is 3. The number of anilines is 2. The highest BCUT2D eigenvalue weighted by Gasteiger charge is 2.51. The molecule has 1 atom stereocenters. The largest absolute Gasteiger partial charge is 0.465 e. The molecule has 3 aliphatic rings. The summed E-state index contributed by atoms with van der Waals surface area (Å²) in [5.74, 6) is -0.858. The zero-order valence-corrected chi connectivity index (χ0v) is 16.2. The number of carbonyl (C=O) groups is 2. The lowest BCUT2D eigenvalue weighted by atomic mass is 9.78. The minimum Gasteiger partial charge on any atom is -0.465 e. The molecule has 2 amide bonds. The van der Waals surface area contributed by atoms with Crippen LogP contribution in [0.1, 0.15) is 44.9 Å². The number of carbonyl (C=O) groups excluding carboxylic acids is 1. The predicted molar refractivity (Wildman–Crippen MR) is 102 cm³/mol. The molecule has 9 nitrogen and oxygen atoms in total. The molecule has 1 saturated carbocycles. The number of aliphatic hydroxyl groups is 1. The van der Waals surface area contributed by atoms with Crippen LogP contribution >= 0.6 is 0 Å². The van der Waals surface area contributed by atoms with Gasteiger partial charge in [0.15, 0.2) is 11.6 Å². The molecule has 3 fully saturated rings. The van der Waals surface area contributed by atoms with Gasteiger partial charge in [-0.2, -0.15) is 4.98 Å². The van der Waals surface area contributed by atoms with Crippen LogP contribution < -0.4 is 10.2 Å². The molecule has 4 rings (SSSR count). The van der Waals surface area contributed by atoms with E-state index in [0.29, 0.717) is 19.6 Å². The van der Waals surface area contributed by atoms with Crippen molar-refractivity contribution in [2.75, 3.05) is 29.9 Å². The normalized spacial score (nSPS) is 30.1. The van der Waals surface area contributed by atoms with Crippen molar-refractivity contribution in [3.05, 3.63) is 12.0 Å². The maximum Gasteiger partial charge on any atom is 0.410 e. The van der Waals surface area contributed by atoms with Crippen LogP contribution in [0.2, 0.25) is 0 Å². The molecule has 1 spiro atoms. The van der Waals surface area contributed by atoms with Gasteiger partial charge in [0.25, 0.3) is 0 Å². The van der Waals surface area contributed by atoms with Gasteiger partial charge in [-0.1, -0.05) is 0 Å². The molecule has 29 heavy (non-hydrogen) atoms. The summed E-state index contributed by atoms with van der Waals surface area (Å²) in [6.07, 6.45) is 4.74. The fourth-order valence-corrected chi connectivity index (χ4v) is 4.95. The Morgan fingerprint density at radius 1 is 1.24 bits per heavy atom. The first-order chi connectivity index (χ1) is 13.9. The van der Waals surface area contributed by atoms with Crippen molar-refractivity contribution in [2.24, 2.45) is 5.41 Å². The Bertz CT molecular complexity index is 801. The Balaban J connectivity index is 1.50. The van der Waals surface area contributed by atoms with Gasteiger partial charge in [-0.05, 0) is 44.9 Å². The first-order valence-electron chi connectivity index (χ1n) is 10.1. The second-order valence-corrected chi connectivity index (χ2v) is 8.31. The molecular formula is C19H26FN5O4. The van der Waals surface area contributed by atoms with Crippen molar-refractivity contribution < 1.29 is 24.2 Å². The van der Waals surface area contributed by atoms with E-state index in [4.69, 9.17) is 5.11 Å². The van der Waals surface area contributed by atoms with Crippen LogP contribution in [0.4, 0.5) is 21.0 Å². The van der Waals surface area contributed by atoms with Crippen LogP contribution in [0, 0.1) is 11.2 Å².